The maximum absolute atomic E-state index is 12.6. The number of aliphatic hydroxyl groups is 2. The number of ketones is 1. The Labute approximate surface area is 240 Å². The van der Waals surface area contributed by atoms with E-state index in [9.17, 15) is 9.59 Å². The van der Waals surface area contributed by atoms with Crippen LogP contribution in [0.2, 0.25) is 0 Å². The lowest BCUT2D eigenvalue weighted by atomic mass is 10.0. The monoisotopic (exact) mass is 564 g/mol. The van der Waals surface area contributed by atoms with Gasteiger partial charge in [-0.25, -0.2) is 4.79 Å². The molecule has 0 bridgehead atoms. The van der Waals surface area contributed by atoms with Gasteiger partial charge in [-0.05, 0) is 36.6 Å². The topological polar surface area (TPSA) is 128 Å². The number of carbonyl (C=O) groups is 2. The van der Waals surface area contributed by atoms with Crippen LogP contribution in [0.4, 0.5) is 10.5 Å². The molecular weight excluding hydrogens is 524 g/mol. The molecule has 4 rings (SSSR count). The van der Waals surface area contributed by atoms with Crippen LogP contribution >= 0.6 is 0 Å². The number of rotatable bonds is 15. The number of anilines is 1. The molecule has 1 aliphatic heterocycles. The van der Waals surface area contributed by atoms with Crippen molar-refractivity contribution in [2.45, 2.75) is 25.5 Å². The molecule has 1 fully saturated rings. The number of amides is 1. The van der Waals surface area contributed by atoms with Crippen LogP contribution in [-0.2, 0) is 11.3 Å². The Morgan fingerprint density at radius 3 is 2.39 bits per heavy atom. The maximum atomic E-state index is 12.6. The molecule has 3 aromatic rings. The summed E-state index contributed by atoms with van der Waals surface area (Å²) in [6, 6.07) is 21.0. The van der Waals surface area contributed by atoms with Crippen molar-refractivity contribution in [3.63, 3.8) is 0 Å². The second-order valence-electron chi connectivity index (χ2n) is 10.1. The summed E-state index contributed by atoms with van der Waals surface area (Å²) >= 11 is 0. The molecule has 0 unspecified atom stereocenters. The van der Waals surface area contributed by atoms with E-state index in [1.54, 1.807) is 12.1 Å². The number of furan rings is 1. The van der Waals surface area contributed by atoms with Gasteiger partial charge in [0.25, 0.3) is 0 Å². The molecule has 220 valence electrons. The van der Waals surface area contributed by atoms with E-state index in [1.807, 2.05) is 59.5 Å². The van der Waals surface area contributed by atoms with E-state index >= 15 is 0 Å². The second-order valence-corrected chi connectivity index (χ2v) is 10.1. The molecule has 0 atom stereocenters. The minimum atomic E-state index is -0.442. The van der Waals surface area contributed by atoms with Crippen molar-refractivity contribution >= 4 is 17.6 Å². The van der Waals surface area contributed by atoms with Crippen molar-refractivity contribution < 1.29 is 29.0 Å². The molecule has 1 aromatic heterocycles. The first-order chi connectivity index (χ1) is 20.1. The summed E-state index contributed by atoms with van der Waals surface area (Å²) < 4.78 is 11.4. The van der Waals surface area contributed by atoms with E-state index in [2.05, 4.69) is 15.5 Å². The number of aliphatic hydroxyl groups excluding tert-OH is 2. The van der Waals surface area contributed by atoms with Gasteiger partial charge in [0.05, 0.1) is 32.0 Å². The molecular formula is C31H40N4O6. The quantitative estimate of drug-likeness (QED) is 0.163. The van der Waals surface area contributed by atoms with E-state index in [0.29, 0.717) is 37.7 Å². The Hall–Kier alpha value is -3.54. The van der Waals surface area contributed by atoms with Crippen LogP contribution in [-0.4, -0.2) is 97.0 Å². The number of hydrogen-bond donors (Lipinski definition) is 4. The zero-order valence-electron chi connectivity index (χ0n) is 23.3. The summed E-state index contributed by atoms with van der Waals surface area (Å²) in [5.74, 6) is 0.788. The van der Waals surface area contributed by atoms with Gasteiger partial charge in [-0.15, -0.1) is 0 Å². The molecule has 0 radical (unpaired) electrons. The molecule has 10 nitrogen and oxygen atoms in total. The SMILES string of the molecule is O=C(Nc1ccccc1-c1ccccc1)OC1CCN(CCNCC(=O)c2ccc(CN(CCO)CCO)o2)CC1. The normalized spacial score (nSPS) is 14.3. The number of piperidine rings is 1. The number of benzene rings is 2. The molecule has 0 saturated carbocycles. The first-order valence-corrected chi connectivity index (χ1v) is 14.2. The molecule has 0 aliphatic carbocycles. The lowest BCUT2D eigenvalue weighted by Crippen LogP contribution is -2.42. The third-order valence-electron chi connectivity index (χ3n) is 7.10. The van der Waals surface area contributed by atoms with Crippen LogP contribution in [0.15, 0.2) is 71.1 Å². The van der Waals surface area contributed by atoms with Crippen molar-refractivity contribution in [2.75, 3.05) is 64.3 Å². The molecule has 41 heavy (non-hydrogen) atoms. The summed E-state index contributed by atoms with van der Waals surface area (Å²) in [6.45, 7) is 4.49. The van der Waals surface area contributed by atoms with Gasteiger partial charge in [0, 0.05) is 44.8 Å². The van der Waals surface area contributed by atoms with Gasteiger partial charge >= 0.3 is 6.09 Å². The summed E-state index contributed by atoms with van der Waals surface area (Å²) in [4.78, 5) is 29.3. The first kappa shape index (κ1) is 30.4. The molecule has 1 amide bonds. The fourth-order valence-electron chi connectivity index (χ4n) is 4.92. The predicted molar refractivity (Wildman–Crippen MR) is 157 cm³/mol. The molecule has 1 aliphatic rings. The minimum absolute atomic E-state index is 0.0132. The summed E-state index contributed by atoms with van der Waals surface area (Å²) in [5.41, 5.74) is 2.69. The van der Waals surface area contributed by atoms with Crippen molar-refractivity contribution in [1.82, 2.24) is 15.1 Å². The van der Waals surface area contributed by atoms with Crippen LogP contribution in [0.5, 0.6) is 0 Å². The average Bonchev–Trinajstić information content (AvgIpc) is 3.46. The molecule has 2 heterocycles. The maximum Gasteiger partial charge on any atom is 0.411 e. The Bertz CT molecular complexity index is 1220. The highest BCUT2D eigenvalue weighted by Crippen LogP contribution is 2.28. The number of para-hydroxylation sites is 1. The largest absolute Gasteiger partial charge is 0.457 e. The number of nitrogens with one attached hydrogen (secondary N) is 2. The molecule has 0 spiro atoms. The molecule has 10 heteroatoms. The Morgan fingerprint density at radius 2 is 1.66 bits per heavy atom. The fraction of sp³-hybridized carbons (Fsp3) is 0.419. The van der Waals surface area contributed by atoms with E-state index in [1.165, 1.54) is 0 Å². The lowest BCUT2D eigenvalue weighted by Gasteiger charge is -2.31. The second kappa shape index (κ2) is 16.0. The van der Waals surface area contributed by atoms with E-state index in [0.717, 1.165) is 49.3 Å². The Balaban J connectivity index is 1.12. The highest BCUT2D eigenvalue weighted by Gasteiger charge is 2.23. The molecule has 4 N–H and O–H groups in total. The van der Waals surface area contributed by atoms with Gasteiger partial charge in [0.1, 0.15) is 11.9 Å². The number of ether oxygens (including phenoxy) is 1. The van der Waals surface area contributed by atoms with Crippen molar-refractivity contribution in [1.29, 1.82) is 0 Å². The number of Topliss-reactive ketones (excluding diaryl/α,β-unsaturated/α-hetero) is 1. The number of hydrogen-bond acceptors (Lipinski definition) is 9. The molecule has 1 saturated heterocycles. The van der Waals surface area contributed by atoms with Crippen LogP contribution in [0.3, 0.4) is 0 Å². The van der Waals surface area contributed by atoms with Crippen LogP contribution in [0.1, 0.15) is 29.2 Å². The van der Waals surface area contributed by atoms with Crippen molar-refractivity contribution in [3.8, 4) is 11.1 Å². The zero-order chi connectivity index (χ0) is 28.9. The number of likely N-dealkylation sites (tertiary alicyclic amines) is 1. The van der Waals surface area contributed by atoms with Crippen molar-refractivity contribution in [3.05, 3.63) is 78.3 Å². The van der Waals surface area contributed by atoms with E-state index in [4.69, 9.17) is 19.4 Å². The average molecular weight is 565 g/mol. The highest BCUT2D eigenvalue weighted by molar-refractivity contribution is 5.95. The van der Waals surface area contributed by atoms with Gasteiger partial charge in [0.15, 0.2) is 5.76 Å². The Morgan fingerprint density at radius 1 is 0.951 bits per heavy atom. The highest BCUT2D eigenvalue weighted by atomic mass is 16.6. The zero-order valence-corrected chi connectivity index (χ0v) is 23.3. The van der Waals surface area contributed by atoms with Gasteiger partial charge in [-0.2, -0.15) is 0 Å². The third-order valence-corrected chi connectivity index (χ3v) is 7.10. The van der Waals surface area contributed by atoms with Crippen LogP contribution in [0, 0.1) is 0 Å². The van der Waals surface area contributed by atoms with Crippen LogP contribution in [0.25, 0.3) is 11.1 Å². The predicted octanol–water partition coefficient (Wildman–Crippen LogP) is 3.22. The Kier molecular flexibility index (Phi) is 11.9. The lowest BCUT2D eigenvalue weighted by molar-refractivity contribution is 0.0593. The summed E-state index contributed by atoms with van der Waals surface area (Å²) in [5, 5.41) is 24.4. The number of nitrogens with zero attached hydrogens (tertiary/aromatic N) is 2. The standard InChI is InChI=1S/C31H40N4O6/c36-20-18-35(19-21-37)23-26-10-11-30(40-26)29(38)22-32-14-17-34-15-12-25(13-16-34)41-31(39)33-28-9-5-4-8-27(28)24-6-2-1-3-7-24/h1-11,25,32,36-37H,12-23H2,(H,33,39). The smallest absolute Gasteiger partial charge is 0.411 e. The number of carbonyl (C=O) groups excluding carboxylic acids is 2. The first-order valence-electron chi connectivity index (χ1n) is 14.2. The summed E-state index contributed by atoms with van der Waals surface area (Å²) in [6.07, 6.45) is 0.933. The van der Waals surface area contributed by atoms with Gasteiger partial charge < -0.3 is 29.6 Å². The fourth-order valence-corrected chi connectivity index (χ4v) is 4.92. The third kappa shape index (κ3) is 9.51. The summed E-state index contributed by atoms with van der Waals surface area (Å²) in [7, 11) is 0. The van der Waals surface area contributed by atoms with Gasteiger partial charge in [-0.1, -0.05) is 48.5 Å². The van der Waals surface area contributed by atoms with Gasteiger partial charge in [0.2, 0.25) is 5.78 Å². The van der Waals surface area contributed by atoms with Crippen LogP contribution < -0.4 is 10.6 Å². The van der Waals surface area contributed by atoms with Gasteiger partial charge in [-0.3, -0.25) is 15.0 Å². The minimum Gasteiger partial charge on any atom is -0.457 e. The molecule has 2 aromatic carbocycles. The van der Waals surface area contributed by atoms with E-state index in [-0.39, 0.29) is 31.6 Å². The van der Waals surface area contributed by atoms with E-state index < -0.39 is 6.09 Å². The van der Waals surface area contributed by atoms with Crippen molar-refractivity contribution in [2.24, 2.45) is 0 Å².